The minimum absolute atomic E-state index is 0.106. The Hall–Kier alpha value is -1.79. The second-order valence-electron chi connectivity index (χ2n) is 6.31. The summed E-state index contributed by atoms with van der Waals surface area (Å²) < 4.78 is 5.11. The second-order valence-corrected chi connectivity index (χ2v) is 6.31. The van der Waals surface area contributed by atoms with Gasteiger partial charge in [0, 0.05) is 39.3 Å². The van der Waals surface area contributed by atoms with Crippen LogP contribution in [0.4, 0.5) is 4.79 Å². The van der Waals surface area contributed by atoms with Crippen molar-refractivity contribution in [3.05, 3.63) is 29.8 Å². The lowest BCUT2D eigenvalue weighted by Gasteiger charge is -2.32. The Kier molecular flexibility index (Phi) is 7.85. The van der Waals surface area contributed by atoms with Gasteiger partial charge in [0.05, 0.1) is 7.11 Å². The van der Waals surface area contributed by atoms with Gasteiger partial charge in [-0.25, -0.2) is 4.79 Å². The van der Waals surface area contributed by atoms with Gasteiger partial charge in [0.1, 0.15) is 5.75 Å². The van der Waals surface area contributed by atoms with Crippen molar-refractivity contribution in [3.63, 3.8) is 0 Å². The van der Waals surface area contributed by atoms with Crippen LogP contribution in [0, 0.1) is 0 Å². The van der Waals surface area contributed by atoms with Gasteiger partial charge in [0.2, 0.25) is 0 Å². The summed E-state index contributed by atoms with van der Waals surface area (Å²) in [5.74, 6) is 0.823. The third-order valence-electron chi connectivity index (χ3n) is 4.39. The molecule has 1 aliphatic rings. The molecule has 0 spiro atoms. The normalized spacial score (nSPS) is 15.9. The predicted molar refractivity (Wildman–Crippen MR) is 96.4 cm³/mol. The molecule has 1 aromatic rings. The summed E-state index contributed by atoms with van der Waals surface area (Å²) >= 11 is 0. The average molecular weight is 334 g/mol. The van der Waals surface area contributed by atoms with Crippen LogP contribution in [0.1, 0.15) is 18.4 Å². The Morgan fingerprint density at radius 3 is 2.46 bits per heavy atom. The Balaban J connectivity index is 1.50. The van der Waals surface area contributed by atoms with E-state index in [9.17, 15) is 4.79 Å². The van der Waals surface area contributed by atoms with Crippen molar-refractivity contribution < 1.29 is 9.53 Å². The largest absolute Gasteiger partial charge is 0.497 e. The van der Waals surface area contributed by atoms with Crippen LogP contribution in [0.5, 0.6) is 5.75 Å². The second kappa shape index (κ2) is 10.2. The summed E-state index contributed by atoms with van der Waals surface area (Å²) in [5.41, 5.74) is 1.06. The highest BCUT2D eigenvalue weighted by Gasteiger charge is 2.12. The summed E-state index contributed by atoms with van der Waals surface area (Å²) in [7, 11) is 3.82. The van der Waals surface area contributed by atoms with Gasteiger partial charge < -0.3 is 25.2 Å². The van der Waals surface area contributed by atoms with Crippen LogP contribution in [0.2, 0.25) is 0 Å². The van der Waals surface area contributed by atoms with Gasteiger partial charge in [-0.2, -0.15) is 0 Å². The van der Waals surface area contributed by atoms with Crippen molar-refractivity contribution >= 4 is 6.03 Å². The number of carbonyl (C=O) groups is 1. The van der Waals surface area contributed by atoms with E-state index in [1.54, 1.807) is 7.11 Å². The molecule has 1 fully saturated rings. The van der Waals surface area contributed by atoms with Crippen LogP contribution >= 0.6 is 0 Å². The number of methoxy groups -OCH3 is 1. The molecule has 24 heavy (non-hydrogen) atoms. The fraction of sp³-hybridized carbons (Fsp3) is 0.611. The molecule has 0 aliphatic carbocycles. The van der Waals surface area contributed by atoms with E-state index in [2.05, 4.69) is 27.5 Å². The molecule has 0 aromatic heterocycles. The first-order valence-corrected chi connectivity index (χ1v) is 8.73. The number of ether oxygens (including phenoxy) is 1. The Morgan fingerprint density at radius 2 is 1.79 bits per heavy atom. The molecule has 1 saturated heterocycles. The number of rotatable bonds is 8. The highest BCUT2D eigenvalue weighted by Crippen LogP contribution is 2.10. The maximum Gasteiger partial charge on any atom is 0.315 e. The molecular weight excluding hydrogens is 304 g/mol. The molecule has 0 atom stereocenters. The molecule has 2 rings (SSSR count). The van der Waals surface area contributed by atoms with Crippen molar-refractivity contribution in [2.24, 2.45) is 0 Å². The number of nitrogens with zero attached hydrogens (tertiary/aromatic N) is 2. The molecule has 0 radical (unpaired) electrons. The van der Waals surface area contributed by atoms with Gasteiger partial charge in [-0.15, -0.1) is 0 Å². The van der Waals surface area contributed by atoms with Crippen molar-refractivity contribution in [2.75, 3.05) is 53.4 Å². The molecule has 6 nitrogen and oxygen atoms in total. The zero-order valence-corrected chi connectivity index (χ0v) is 14.9. The standard InChI is InChI=1S/C18H30N4O2/c1-21-11-13-22(14-12-21)10-4-3-9-19-18(23)20-15-16-5-7-17(24-2)8-6-16/h5-8H,3-4,9-15H2,1-2H3,(H2,19,20,23). The highest BCUT2D eigenvalue weighted by atomic mass is 16.5. The van der Waals surface area contributed by atoms with Crippen molar-refractivity contribution in [1.29, 1.82) is 0 Å². The number of carbonyl (C=O) groups excluding carboxylic acids is 1. The SMILES string of the molecule is COc1ccc(CNC(=O)NCCCCN2CCN(C)CC2)cc1. The molecule has 2 amide bonds. The number of hydrogen-bond acceptors (Lipinski definition) is 4. The van der Waals surface area contributed by atoms with Crippen molar-refractivity contribution in [2.45, 2.75) is 19.4 Å². The van der Waals surface area contributed by atoms with Gasteiger partial charge in [-0.1, -0.05) is 12.1 Å². The molecule has 0 bridgehead atoms. The number of amides is 2. The summed E-state index contributed by atoms with van der Waals surface area (Å²) in [5, 5.41) is 5.79. The Morgan fingerprint density at radius 1 is 1.08 bits per heavy atom. The minimum atomic E-state index is -0.106. The fourth-order valence-corrected chi connectivity index (χ4v) is 2.72. The van der Waals surface area contributed by atoms with Crippen LogP contribution in [-0.2, 0) is 6.54 Å². The molecule has 2 N–H and O–H groups in total. The van der Waals surface area contributed by atoms with Gasteiger partial charge in [-0.05, 0) is 44.1 Å². The van der Waals surface area contributed by atoms with E-state index in [1.165, 1.54) is 0 Å². The first kappa shape index (κ1) is 18.5. The molecule has 1 aliphatic heterocycles. The molecule has 6 heteroatoms. The van der Waals surface area contributed by atoms with Crippen molar-refractivity contribution in [1.82, 2.24) is 20.4 Å². The summed E-state index contributed by atoms with van der Waals surface area (Å²) in [4.78, 5) is 16.6. The number of piperazine rings is 1. The smallest absolute Gasteiger partial charge is 0.315 e. The van der Waals surface area contributed by atoms with E-state index < -0.39 is 0 Å². The number of nitrogens with one attached hydrogen (secondary N) is 2. The maximum atomic E-state index is 11.8. The molecule has 1 heterocycles. The zero-order valence-electron chi connectivity index (χ0n) is 14.9. The third kappa shape index (κ3) is 6.76. The summed E-state index contributed by atoms with van der Waals surface area (Å²) in [6.07, 6.45) is 2.14. The lowest BCUT2D eigenvalue weighted by Crippen LogP contribution is -2.44. The van der Waals surface area contributed by atoms with Crippen LogP contribution in [0.15, 0.2) is 24.3 Å². The van der Waals surface area contributed by atoms with Crippen LogP contribution in [-0.4, -0.2) is 69.3 Å². The van der Waals surface area contributed by atoms with Gasteiger partial charge in [0.15, 0.2) is 0 Å². The highest BCUT2D eigenvalue weighted by molar-refractivity contribution is 5.73. The van der Waals surface area contributed by atoms with Crippen LogP contribution in [0.3, 0.4) is 0 Å². The quantitative estimate of drug-likeness (QED) is 0.708. The lowest BCUT2D eigenvalue weighted by atomic mass is 10.2. The molecular formula is C18H30N4O2. The topological polar surface area (TPSA) is 56.8 Å². The van der Waals surface area contributed by atoms with E-state index in [0.29, 0.717) is 6.54 Å². The average Bonchev–Trinajstić information content (AvgIpc) is 2.61. The number of unbranched alkanes of at least 4 members (excludes halogenated alkanes) is 1. The number of hydrogen-bond donors (Lipinski definition) is 2. The zero-order chi connectivity index (χ0) is 17.2. The third-order valence-corrected chi connectivity index (χ3v) is 4.39. The van der Waals surface area contributed by atoms with Gasteiger partial charge in [-0.3, -0.25) is 0 Å². The molecule has 0 unspecified atom stereocenters. The number of urea groups is 1. The van der Waals surface area contributed by atoms with E-state index in [-0.39, 0.29) is 6.03 Å². The van der Waals surface area contributed by atoms with Gasteiger partial charge >= 0.3 is 6.03 Å². The number of benzene rings is 1. The summed E-state index contributed by atoms with van der Waals surface area (Å²) in [6, 6.07) is 7.59. The van der Waals surface area contributed by atoms with Crippen LogP contribution < -0.4 is 15.4 Å². The lowest BCUT2D eigenvalue weighted by molar-refractivity contribution is 0.152. The minimum Gasteiger partial charge on any atom is -0.497 e. The Labute approximate surface area is 145 Å². The maximum absolute atomic E-state index is 11.8. The van der Waals surface area contributed by atoms with E-state index in [4.69, 9.17) is 4.74 Å². The monoisotopic (exact) mass is 334 g/mol. The van der Waals surface area contributed by atoms with Crippen LogP contribution in [0.25, 0.3) is 0 Å². The van der Waals surface area contributed by atoms with E-state index >= 15 is 0 Å². The van der Waals surface area contributed by atoms with Gasteiger partial charge in [0.25, 0.3) is 0 Å². The van der Waals surface area contributed by atoms with E-state index in [0.717, 1.165) is 63.4 Å². The Bertz CT molecular complexity index is 484. The summed E-state index contributed by atoms with van der Waals surface area (Å²) in [6.45, 7) is 7.01. The predicted octanol–water partition coefficient (Wildman–Crippen LogP) is 1.52. The first-order valence-electron chi connectivity index (χ1n) is 8.73. The molecule has 134 valence electrons. The van der Waals surface area contributed by atoms with E-state index in [1.807, 2.05) is 24.3 Å². The molecule has 0 saturated carbocycles. The fourth-order valence-electron chi connectivity index (χ4n) is 2.72. The number of likely N-dealkylation sites (N-methyl/N-ethyl adjacent to an activating group) is 1. The first-order chi connectivity index (χ1) is 11.7. The van der Waals surface area contributed by atoms with Crippen molar-refractivity contribution in [3.8, 4) is 5.75 Å². The molecule has 1 aromatic carbocycles.